The van der Waals surface area contributed by atoms with Gasteiger partial charge in [0, 0.05) is 6.04 Å². The van der Waals surface area contributed by atoms with Crippen LogP contribution in [0.15, 0.2) is 0 Å². The summed E-state index contributed by atoms with van der Waals surface area (Å²) in [6.07, 6.45) is 5.47. The van der Waals surface area contributed by atoms with Crippen LogP contribution in [0.3, 0.4) is 0 Å². The number of hydrogen-bond acceptors (Lipinski definition) is 2. The van der Waals surface area contributed by atoms with Gasteiger partial charge in [-0.15, -0.1) is 0 Å². The van der Waals surface area contributed by atoms with Crippen molar-refractivity contribution >= 4 is 17.3 Å². The molecule has 0 aromatic rings. The first kappa shape index (κ1) is 8.26. The minimum Gasteiger partial charge on any atom is -0.359 e. The average Bonchev–Trinajstić information content (AvgIpc) is 2.64. The van der Waals surface area contributed by atoms with Crippen molar-refractivity contribution in [2.24, 2.45) is 17.7 Å². The molecule has 0 aromatic carbocycles. The maximum absolute atomic E-state index is 5.19. The van der Waals surface area contributed by atoms with Gasteiger partial charge in [-0.1, -0.05) is 6.42 Å². The fourth-order valence-electron chi connectivity index (χ4n) is 2.63. The van der Waals surface area contributed by atoms with Crippen molar-refractivity contribution in [2.45, 2.75) is 31.7 Å². The molecule has 3 nitrogen and oxygen atoms in total. The van der Waals surface area contributed by atoms with E-state index in [1.54, 1.807) is 0 Å². The summed E-state index contributed by atoms with van der Waals surface area (Å²) in [6, 6.07) is 0.590. The number of fused-ring (bicyclic) bond motifs is 2. The first-order valence-electron chi connectivity index (χ1n) is 4.56. The minimum absolute atomic E-state index is 0.590. The van der Waals surface area contributed by atoms with E-state index in [1.165, 1.54) is 25.7 Å². The Bertz CT molecular complexity index is 195. The normalized spacial score (nSPS) is 38.2. The zero-order chi connectivity index (χ0) is 8.55. The molecule has 0 saturated heterocycles. The van der Waals surface area contributed by atoms with Crippen LogP contribution < -0.4 is 16.6 Å². The number of nitrogens with one attached hydrogen (secondary N) is 2. The van der Waals surface area contributed by atoms with Gasteiger partial charge < -0.3 is 10.7 Å². The molecule has 2 rings (SSSR count). The van der Waals surface area contributed by atoms with Crippen molar-refractivity contribution in [3.63, 3.8) is 0 Å². The number of rotatable bonds is 1. The lowest BCUT2D eigenvalue weighted by Crippen LogP contribution is -2.46. The molecule has 12 heavy (non-hydrogen) atoms. The van der Waals surface area contributed by atoms with Crippen LogP contribution in [-0.2, 0) is 0 Å². The van der Waals surface area contributed by atoms with Crippen LogP contribution in [0.5, 0.6) is 0 Å². The van der Waals surface area contributed by atoms with E-state index in [2.05, 4.69) is 10.7 Å². The highest BCUT2D eigenvalue weighted by Crippen LogP contribution is 2.44. The van der Waals surface area contributed by atoms with Crippen molar-refractivity contribution in [3.8, 4) is 0 Å². The Morgan fingerprint density at radius 1 is 1.33 bits per heavy atom. The second-order valence-electron chi connectivity index (χ2n) is 3.90. The van der Waals surface area contributed by atoms with Gasteiger partial charge in [0.25, 0.3) is 0 Å². The molecule has 2 saturated carbocycles. The third-order valence-electron chi connectivity index (χ3n) is 3.19. The molecule has 0 radical (unpaired) electrons. The summed E-state index contributed by atoms with van der Waals surface area (Å²) in [5.41, 5.74) is 2.47. The van der Waals surface area contributed by atoms with Crippen LogP contribution in [0.1, 0.15) is 25.7 Å². The largest absolute Gasteiger partial charge is 0.359 e. The van der Waals surface area contributed by atoms with E-state index in [-0.39, 0.29) is 0 Å². The highest BCUT2D eigenvalue weighted by Gasteiger charge is 2.39. The summed E-state index contributed by atoms with van der Waals surface area (Å²) >= 11 is 4.96. The predicted octanol–water partition coefficient (Wildman–Crippen LogP) is 0.513. The highest BCUT2D eigenvalue weighted by molar-refractivity contribution is 7.80. The topological polar surface area (TPSA) is 50.1 Å². The summed E-state index contributed by atoms with van der Waals surface area (Å²) in [6.45, 7) is 0. The van der Waals surface area contributed by atoms with Gasteiger partial charge in [-0.05, 0) is 43.3 Å². The van der Waals surface area contributed by atoms with Crippen LogP contribution in [0.4, 0.5) is 0 Å². The van der Waals surface area contributed by atoms with Crippen LogP contribution in [0.2, 0.25) is 0 Å². The SMILES string of the molecule is NNC(=S)N[C@@H]1C[C@@H]2CC[C@@H]1C2. The summed E-state index contributed by atoms with van der Waals surface area (Å²) in [5, 5.41) is 3.85. The van der Waals surface area contributed by atoms with Crippen molar-refractivity contribution in [3.05, 3.63) is 0 Å². The molecule has 2 bridgehead atoms. The van der Waals surface area contributed by atoms with Gasteiger partial charge in [-0.3, -0.25) is 0 Å². The lowest BCUT2D eigenvalue weighted by atomic mass is 9.96. The standard InChI is InChI=1S/C8H15N3S/c9-11-8(12)10-7-4-5-1-2-6(7)3-5/h5-7H,1-4,9H2,(H2,10,11,12)/t5-,6-,7-/m1/s1. The molecule has 3 atom stereocenters. The number of hydrogen-bond donors (Lipinski definition) is 3. The van der Waals surface area contributed by atoms with Crippen LogP contribution >= 0.6 is 12.2 Å². The molecule has 68 valence electrons. The Balaban J connectivity index is 1.86. The molecule has 0 amide bonds. The zero-order valence-corrected chi connectivity index (χ0v) is 7.86. The van der Waals surface area contributed by atoms with E-state index in [4.69, 9.17) is 18.1 Å². The fourth-order valence-corrected chi connectivity index (χ4v) is 2.78. The molecule has 4 heteroatoms. The van der Waals surface area contributed by atoms with E-state index in [0.29, 0.717) is 11.2 Å². The Hall–Kier alpha value is -0.350. The van der Waals surface area contributed by atoms with Gasteiger partial charge in [0.1, 0.15) is 0 Å². The Morgan fingerprint density at radius 3 is 2.67 bits per heavy atom. The summed E-state index contributed by atoms with van der Waals surface area (Å²) in [5.74, 6) is 6.99. The van der Waals surface area contributed by atoms with Crippen molar-refractivity contribution in [2.75, 3.05) is 0 Å². The molecule has 0 heterocycles. The minimum atomic E-state index is 0.590. The molecule has 4 N–H and O–H groups in total. The second kappa shape index (κ2) is 3.18. The van der Waals surface area contributed by atoms with Gasteiger partial charge in [0.15, 0.2) is 5.11 Å². The second-order valence-corrected chi connectivity index (χ2v) is 4.31. The lowest BCUT2D eigenvalue weighted by Gasteiger charge is -2.23. The van der Waals surface area contributed by atoms with Gasteiger partial charge in [-0.2, -0.15) is 0 Å². The predicted molar refractivity (Wildman–Crippen MR) is 52.3 cm³/mol. The van der Waals surface area contributed by atoms with Crippen LogP contribution in [-0.4, -0.2) is 11.2 Å². The van der Waals surface area contributed by atoms with E-state index in [1.807, 2.05) is 0 Å². The fraction of sp³-hybridized carbons (Fsp3) is 0.875. The average molecular weight is 185 g/mol. The summed E-state index contributed by atoms with van der Waals surface area (Å²) < 4.78 is 0. The molecule has 2 aliphatic carbocycles. The van der Waals surface area contributed by atoms with E-state index in [9.17, 15) is 0 Å². The Labute approximate surface area is 78.1 Å². The quantitative estimate of drug-likeness (QED) is 0.316. The van der Waals surface area contributed by atoms with Crippen LogP contribution in [0, 0.1) is 11.8 Å². The molecule has 0 aliphatic heterocycles. The van der Waals surface area contributed by atoms with Gasteiger partial charge in [-0.25, -0.2) is 5.84 Å². The van der Waals surface area contributed by atoms with E-state index >= 15 is 0 Å². The lowest BCUT2D eigenvalue weighted by molar-refractivity contribution is 0.389. The molecule has 2 fully saturated rings. The van der Waals surface area contributed by atoms with E-state index < -0.39 is 0 Å². The van der Waals surface area contributed by atoms with Gasteiger partial charge >= 0.3 is 0 Å². The summed E-state index contributed by atoms with van der Waals surface area (Å²) in [7, 11) is 0. The zero-order valence-electron chi connectivity index (χ0n) is 7.05. The van der Waals surface area contributed by atoms with Crippen molar-refractivity contribution < 1.29 is 0 Å². The first-order valence-corrected chi connectivity index (χ1v) is 4.97. The number of thiocarbonyl (C=S) groups is 1. The molecule has 0 aromatic heterocycles. The molecule has 0 spiro atoms. The number of hydrazine groups is 1. The van der Waals surface area contributed by atoms with Gasteiger partial charge in [0.2, 0.25) is 0 Å². The Kier molecular flexibility index (Phi) is 2.19. The first-order chi connectivity index (χ1) is 5.79. The number of nitrogens with two attached hydrogens (primary N) is 1. The monoisotopic (exact) mass is 185 g/mol. The van der Waals surface area contributed by atoms with Gasteiger partial charge in [0.05, 0.1) is 0 Å². The highest BCUT2D eigenvalue weighted by atomic mass is 32.1. The Morgan fingerprint density at radius 2 is 2.17 bits per heavy atom. The van der Waals surface area contributed by atoms with Crippen molar-refractivity contribution in [1.82, 2.24) is 10.7 Å². The van der Waals surface area contributed by atoms with Crippen LogP contribution in [0.25, 0.3) is 0 Å². The molecular formula is C8H15N3S. The smallest absolute Gasteiger partial charge is 0.180 e. The third-order valence-corrected chi connectivity index (χ3v) is 3.42. The molecular weight excluding hydrogens is 170 g/mol. The van der Waals surface area contributed by atoms with Crippen molar-refractivity contribution in [1.29, 1.82) is 0 Å². The van der Waals surface area contributed by atoms with E-state index in [0.717, 1.165) is 11.8 Å². The molecule has 0 unspecified atom stereocenters. The third kappa shape index (κ3) is 1.41. The summed E-state index contributed by atoms with van der Waals surface area (Å²) in [4.78, 5) is 0. The maximum atomic E-state index is 5.19. The molecule has 2 aliphatic rings. The maximum Gasteiger partial charge on any atom is 0.180 e.